The van der Waals surface area contributed by atoms with Crippen molar-refractivity contribution in [1.29, 1.82) is 0 Å². The van der Waals surface area contributed by atoms with E-state index in [-0.39, 0.29) is 11.5 Å². The fraction of sp³-hybridized carbons (Fsp3) is 0.318. The van der Waals surface area contributed by atoms with E-state index in [2.05, 4.69) is 4.90 Å². The van der Waals surface area contributed by atoms with Crippen LogP contribution in [0.2, 0.25) is 0 Å². The van der Waals surface area contributed by atoms with Gasteiger partial charge in [-0.15, -0.1) is 0 Å². The van der Waals surface area contributed by atoms with Gasteiger partial charge >= 0.3 is 11.9 Å². The number of para-hydroxylation sites is 1. The van der Waals surface area contributed by atoms with Crippen LogP contribution in [0, 0.1) is 5.82 Å². The van der Waals surface area contributed by atoms with Crippen molar-refractivity contribution in [1.82, 2.24) is 9.80 Å². The molecular formula is C22H25FN2O7. The second-order valence-corrected chi connectivity index (χ2v) is 6.81. The molecule has 9 nitrogen and oxygen atoms in total. The summed E-state index contributed by atoms with van der Waals surface area (Å²) in [5.74, 6) is -2.93. The van der Waals surface area contributed by atoms with Gasteiger partial charge in [0.25, 0.3) is 5.91 Å². The lowest BCUT2D eigenvalue weighted by Crippen LogP contribution is -2.48. The molecule has 2 N–H and O–H groups in total. The highest BCUT2D eigenvalue weighted by Crippen LogP contribution is 2.31. The molecule has 0 unspecified atom stereocenters. The van der Waals surface area contributed by atoms with Crippen molar-refractivity contribution >= 4 is 17.8 Å². The molecular weight excluding hydrogens is 423 g/mol. The summed E-state index contributed by atoms with van der Waals surface area (Å²) in [5, 5.41) is 14.8. The standard InChI is InChI=1S/C20H23FN2O3.C2H2O4/c1-25-18-9-5-6-15(19(18)26-2)14-22-10-12-23(13-11-22)20(24)16-7-3-4-8-17(16)21;3-1(4)2(5)6/h3-9H,10-14H2,1-2H3;(H,3,4)(H,5,6). The minimum Gasteiger partial charge on any atom is -0.493 e. The number of nitrogens with zero attached hydrogens (tertiary/aromatic N) is 2. The molecule has 10 heteroatoms. The van der Waals surface area contributed by atoms with Crippen molar-refractivity contribution in [3.05, 3.63) is 59.4 Å². The molecule has 3 rings (SSSR count). The first kappa shape index (κ1) is 24.6. The average molecular weight is 448 g/mol. The first-order valence-corrected chi connectivity index (χ1v) is 9.70. The number of piperazine rings is 1. The number of carbonyl (C=O) groups is 3. The zero-order valence-electron chi connectivity index (χ0n) is 17.8. The smallest absolute Gasteiger partial charge is 0.414 e. The third-order valence-corrected chi connectivity index (χ3v) is 4.83. The summed E-state index contributed by atoms with van der Waals surface area (Å²) in [6, 6.07) is 11.9. The number of ether oxygens (including phenoxy) is 2. The summed E-state index contributed by atoms with van der Waals surface area (Å²) < 4.78 is 24.7. The van der Waals surface area contributed by atoms with Crippen LogP contribution in [-0.2, 0) is 16.1 Å². The zero-order valence-corrected chi connectivity index (χ0v) is 17.8. The van der Waals surface area contributed by atoms with Gasteiger partial charge in [-0.2, -0.15) is 0 Å². The lowest BCUT2D eigenvalue weighted by Gasteiger charge is -2.35. The molecule has 1 aliphatic rings. The SMILES string of the molecule is COc1cccc(CN2CCN(C(=O)c3ccccc3F)CC2)c1OC.O=C(O)C(=O)O. The largest absolute Gasteiger partial charge is 0.493 e. The molecule has 2 aromatic rings. The number of hydrogen-bond donors (Lipinski definition) is 2. The Labute approximate surface area is 184 Å². The predicted octanol–water partition coefficient (Wildman–Crippen LogP) is 1.96. The van der Waals surface area contributed by atoms with Crippen LogP contribution in [0.1, 0.15) is 15.9 Å². The monoisotopic (exact) mass is 448 g/mol. The number of halogens is 1. The van der Waals surface area contributed by atoms with Gasteiger partial charge in [0.2, 0.25) is 0 Å². The van der Waals surface area contributed by atoms with Crippen molar-refractivity contribution in [2.24, 2.45) is 0 Å². The number of carbonyl (C=O) groups excluding carboxylic acids is 1. The summed E-state index contributed by atoms with van der Waals surface area (Å²) >= 11 is 0. The summed E-state index contributed by atoms with van der Waals surface area (Å²) in [4.78, 5) is 34.7. The van der Waals surface area contributed by atoms with Crippen molar-refractivity contribution in [2.75, 3.05) is 40.4 Å². The van der Waals surface area contributed by atoms with E-state index >= 15 is 0 Å². The van der Waals surface area contributed by atoms with E-state index in [9.17, 15) is 9.18 Å². The van der Waals surface area contributed by atoms with Crippen LogP contribution < -0.4 is 9.47 Å². The Morgan fingerprint density at radius 1 is 0.906 bits per heavy atom. The second kappa shape index (κ2) is 11.7. The molecule has 1 amide bonds. The molecule has 2 aromatic carbocycles. The highest BCUT2D eigenvalue weighted by molar-refractivity contribution is 6.27. The summed E-state index contributed by atoms with van der Waals surface area (Å²) in [7, 11) is 3.25. The van der Waals surface area contributed by atoms with E-state index in [1.165, 1.54) is 12.1 Å². The molecule has 0 bridgehead atoms. The first-order valence-electron chi connectivity index (χ1n) is 9.70. The fourth-order valence-electron chi connectivity index (χ4n) is 3.23. The number of amides is 1. The van der Waals surface area contributed by atoms with Crippen molar-refractivity contribution in [2.45, 2.75) is 6.54 Å². The molecule has 0 radical (unpaired) electrons. The van der Waals surface area contributed by atoms with Gasteiger partial charge in [-0.05, 0) is 18.2 Å². The Hall–Kier alpha value is -3.66. The van der Waals surface area contributed by atoms with Gasteiger partial charge in [-0.25, -0.2) is 14.0 Å². The fourth-order valence-corrected chi connectivity index (χ4v) is 3.23. The van der Waals surface area contributed by atoms with Crippen LogP contribution in [0.3, 0.4) is 0 Å². The van der Waals surface area contributed by atoms with E-state index in [4.69, 9.17) is 29.3 Å². The average Bonchev–Trinajstić information content (AvgIpc) is 2.79. The molecule has 1 fully saturated rings. The lowest BCUT2D eigenvalue weighted by atomic mass is 10.1. The van der Waals surface area contributed by atoms with Gasteiger partial charge < -0.3 is 24.6 Å². The first-order chi connectivity index (χ1) is 15.3. The number of hydrogen-bond acceptors (Lipinski definition) is 6. The maximum atomic E-state index is 13.8. The van der Waals surface area contributed by atoms with Gasteiger partial charge in [-0.3, -0.25) is 9.69 Å². The molecule has 0 spiro atoms. The topological polar surface area (TPSA) is 117 Å². The molecule has 32 heavy (non-hydrogen) atoms. The Balaban J connectivity index is 0.000000534. The second-order valence-electron chi connectivity index (χ2n) is 6.81. The van der Waals surface area contributed by atoms with Crippen molar-refractivity contribution in [3.8, 4) is 11.5 Å². The van der Waals surface area contributed by atoms with E-state index in [0.717, 1.165) is 24.4 Å². The third-order valence-electron chi connectivity index (χ3n) is 4.83. The zero-order chi connectivity index (χ0) is 23.7. The number of carboxylic acid groups (broad SMARTS) is 2. The molecule has 0 saturated carbocycles. The maximum Gasteiger partial charge on any atom is 0.414 e. The molecule has 0 aromatic heterocycles. The van der Waals surface area contributed by atoms with Gasteiger partial charge in [0.15, 0.2) is 11.5 Å². The maximum absolute atomic E-state index is 13.8. The Morgan fingerprint density at radius 2 is 1.53 bits per heavy atom. The molecule has 1 saturated heterocycles. The van der Waals surface area contributed by atoms with Gasteiger partial charge in [0, 0.05) is 38.3 Å². The van der Waals surface area contributed by atoms with Crippen LogP contribution >= 0.6 is 0 Å². The van der Waals surface area contributed by atoms with Crippen LogP contribution in [0.4, 0.5) is 4.39 Å². The number of methoxy groups -OCH3 is 2. The van der Waals surface area contributed by atoms with Crippen LogP contribution in [-0.4, -0.2) is 78.3 Å². The van der Waals surface area contributed by atoms with Gasteiger partial charge in [0.1, 0.15) is 5.82 Å². The Kier molecular flexibility index (Phi) is 8.96. The number of rotatable bonds is 5. The van der Waals surface area contributed by atoms with Crippen molar-refractivity contribution < 1.29 is 38.5 Å². The van der Waals surface area contributed by atoms with E-state index in [0.29, 0.717) is 25.4 Å². The van der Waals surface area contributed by atoms with E-state index in [1.54, 1.807) is 31.3 Å². The quantitative estimate of drug-likeness (QED) is 0.667. The van der Waals surface area contributed by atoms with Gasteiger partial charge in [0.05, 0.1) is 19.8 Å². The molecule has 1 heterocycles. The summed E-state index contributed by atoms with van der Waals surface area (Å²) in [6.45, 7) is 3.29. The van der Waals surface area contributed by atoms with Crippen LogP contribution in [0.25, 0.3) is 0 Å². The molecule has 0 atom stereocenters. The minimum atomic E-state index is -1.82. The normalized spacial score (nSPS) is 13.5. The molecule has 1 aliphatic heterocycles. The van der Waals surface area contributed by atoms with Crippen LogP contribution in [0.15, 0.2) is 42.5 Å². The number of carboxylic acids is 2. The number of aliphatic carboxylic acids is 2. The summed E-state index contributed by atoms with van der Waals surface area (Å²) in [5.41, 5.74) is 1.18. The highest BCUT2D eigenvalue weighted by Gasteiger charge is 2.24. The minimum absolute atomic E-state index is 0.135. The third kappa shape index (κ3) is 6.42. The van der Waals surface area contributed by atoms with Gasteiger partial charge in [-0.1, -0.05) is 24.3 Å². The predicted molar refractivity (Wildman–Crippen MR) is 112 cm³/mol. The lowest BCUT2D eigenvalue weighted by molar-refractivity contribution is -0.159. The molecule has 172 valence electrons. The summed E-state index contributed by atoms with van der Waals surface area (Å²) in [6.07, 6.45) is 0. The van der Waals surface area contributed by atoms with E-state index < -0.39 is 17.8 Å². The Bertz CT molecular complexity index is 947. The van der Waals surface area contributed by atoms with Crippen molar-refractivity contribution in [3.63, 3.8) is 0 Å². The van der Waals surface area contributed by atoms with E-state index in [1.807, 2.05) is 18.2 Å². The van der Waals surface area contributed by atoms with Crippen LogP contribution in [0.5, 0.6) is 11.5 Å². The Morgan fingerprint density at radius 3 is 2.06 bits per heavy atom. The molecule has 0 aliphatic carbocycles. The number of benzene rings is 2. The highest BCUT2D eigenvalue weighted by atomic mass is 19.1.